The van der Waals surface area contributed by atoms with Crippen LogP contribution in [0, 0.1) is 5.82 Å². The number of hydrogen-bond acceptors (Lipinski definition) is 4. The molecule has 0 saturated carbocycles. The van der Waals surface area contributed by atoms with Crippen LogP contribution in [0.3, 0.4) is 0 Å². The van der Waals surface area contributed by atoms with Crippen molar-refractivity contribution in [2.75, 3.05) is 0 Å². The molecule has 1 N–H and O–H groups in total. The average molecular weight is 283 g/mol. The number of oxazole rings is 1. The molecule has 7 heteroatoms. The van der Waals surface area contributed by atoms with Gasteiger partial charge in [0, 0.05) is 15.0 Å². The topological polar surface area (TPSA) is 72.6 Å². The molecule has 2 atom stereocenters. The van der Waals surface area contributed by atoms with Crippen molar-refractivity contribution in [2.45, 2.75) is 13.0 Å². The predicted molar refractivity (Wildman–Crippen MR) is 68.1 cm³/mol. The lowest BCUT2D eigenvalue weighted by Crippen LogP contribution is -2.00. The molecule has 0 saturated heterocycles. The Morgan fingerprint density at radius 2 is 2.11 bits per heavy atom. The molecule has 0 aliphatic rings. The van der Waals surface area contributed by atoms with Gasteiger partial charge in [-0.25, -0.2) is 14.2 Å². The first-order valence-electron chi connectivity index (χ1n) is 5.38. The summed E-state index contributed by atoms with van der Waals surface area (Å²) in [6.07, 6.45) is -0.503. The van der Waals surface area contributed by atoms with E-state index in [1.165, 1.54) is 24.3 Å². The highest BCUT2D eigenvalue weighted by atomic mass is 31.0. The van der Waals surface area contributed by atoms with Crippen molar-refractivity contribution in [3.05, 3.63) is 41.7 Å². The van der Waals surface area contributed by atoms with Crippen molar-refractivity contribution < 1.29 is 23.2 Å². The molecule has 1 aromatic heterocycles. The van der Waals surface area contributed by atoms with Gasteiger partial charge in [0.25, 0.3) is 0 Å². The number of aromatic nitrogens is 1. The van der Waals surface area contributed by atoms with E-state index in [-0.39, 0.29) is 17.3 Å². The predicted octanol–water partition coefficient (Wildman–Crippen LogP) is 3.05. The summed E-state index contributed by atoms with van der Waals surface area (Å²) in [7, 11) is 2.05. The van der Waals surface area contributed by atoms with Gasteiger partial charge in [0.1, 0.15) is 11.9 Å². The van der Waals surface area contributed by atoms with Crippen molar-refractivity contribution in [1.29, 1.82) is 0 Å². The average Bonchev–Trinajstić information content (AvgIpc) is 2.84. The van der Waals surface area contributed by atoms with Crippen LogP contribution in [0.1, 0.15) is 29.4 Å². The molecule has 1 heterocycles. The van der Waals surface area contributed by atoms with E-state index in [1.54, 1.807) is 6.92 Å². The molecule has 0 aliphatic heterocycles. The standard InChI is InChI=1S/C12H11FNO4P/c1-6(18-19)11-14-9(12(15)16)10(17-11)7-2-4-8(13)5-3-7/h2-6H,19H2,1H3,(H,15,16). The van der Waals surface area contributed by atoms with Gasteiger partial charge in [-0.1, -0.05) is 0 Å². The fourth-order valence-electron chi connectivity index (χ4n) is 1.51. The molecule has 0 radical (unpaired) electrons. The van der Waals surface area contributed by atoms with Gasteiger partial charge < -0.3 is 14.0 Å². The molecule has 2 rings (SSSR count). The van der Waals surface area contributed by atoms with Gasteiger partial charge >= 0.3 is 5.97 Å². The smallest absolute Gasteiger partial charge is 0.358 e. The van der Waals surface area contributed by atoms with E-state index in [2.05, 4.69) is 14.5 Å². The lowest BCUT2D eigenvalue weighted by molar-refractivity contribution is 0.0691. The van der Waals surface area contributed by atoms with Gasteiger partial charge in [-0.05, 0) is 31.2 Å². The molecule has 100 valence electrons. The summed E-state index contributed by atoms with van der Waals surface area (Å²) in [6.45, 7) is 1.67. The maximum absolute atomic E-state index is 12.9. The molecule has 0 aliphatic carbocycles. The van der Waals surface area contributed by atoms with Gasteiger partial charge in [-0.2, -0.15) is 0 Å². The Balaban J connectivity index is 2.51. The summed E-state index contributed by atoms with van der Waals surface area (Å²) in [5.41, 5.74) is 0.212. The monoisotopic (exact) mass is 283 g/mol. The minimum absolute atomic E-state index is 0.0800. The second-order valence-corrected chi connectivity index (χ2v) is 4.09. The fourth-order valence-corrected chi connectivity index (χ4v) is 1.63. The summed E-state index contributed by atoms with van der Waals surface area (Å²) in [6, 6.07) is 5.30. The minimum atomic E-state index is -1.22. The van der Waals surface area contributed by atoms with E-state index in [0.29, 0.717) is 5.56 Å². The Hall–Kier alpha value is -1.78. The molecule has 0 amide bonds. The number of nitrogens with zero attached hydrogens (tertiary/aromatic N) is 1. The van der Waals surface area contributed by atoms with Crippen LogP contribution in [-0.2, 0) is 4.52 Å². The first kappa shape index (κ1) is 13.6. The maximum atomic E-state index is 12.9. The largest absolute Gasteiger partial charge is 0.476 e. The normalized spacial score (nSPS) is 12.4. The second kappa shape index (κ2) is 5.47. The number of benzene rings is 1. The molecule has 2 unspecified atom stereocenters. The first-order valence-corrected chi connectivity index (χ1v) is 5.85. The van der Waals surface area contributed by atoms with E-state index in [9.17, 15) is 9.18 Å². The zero-order valence-corrected chi connectivity index (χ0v) is 11.1. The molecule has 19 heavy (non-hydrogen) atoms. The van der Waals surface area contributed by atoms with E-state index >= 15 is 0 Å². The highest BCUT2D eigenvalue weighted by molar-refractivity contribution is 7.09. The minimum Gasteiger partial charge on any atom is -0.476 e. The van der Waals surface area contributed by atoms with Gasteiger partial charge in [0.2, 0.25) is 5.89 Å². The summed E-state index contributed by atoms with van der Waals surface area (Å²) in [5.74, 6) is -1.41. The Morgan fingerprint density at radius 1 is 1.47 bits per heavy atom. The zero-order valence-electron chi connectivity index (χ0n) is 9.96. The fraction of sp³-hybridized carbons (Fsp3) is 0.167. The van der Waals surface area contributed by atoms with Crippen molar-refractivity contribution in [3.8, 4) is 11.3 Å². The van der Waals surface area contributed by atoms with Crippen molar-refractivity contribution in [1.82, 2.24) is 4.98 Å². The number of carbonyl (C=O) groups is 1. The highest BCUT2D eigenvalue weighted by Crippen LogP contribution is 2.29. The molecule has 0 bridgehead atoms. The molecular weight excluding hydrogens is 272 g/mol. The number of carboxylic acid groups (broad SMARTS) is 1. The molecular formula is C12H11FNO4P. The van der Waals surface area contributed by atoms with Crippen LogP contribution in [0.5, 0.6) is 0 Å². The second-order valence-electron chi connectivity index (χ2n) is 3.82. The van der Waals surface area contributed by atoms with Gasteiger partial charge in [-0.3, -0.25) is 0 Å². The van der Waals surface area contributed by atoms with E-state index in [4.69, 9.17) is 14.0 Å². The van der Waals surface area contributed by atoms with Crippen LogP contribution in [0.2, 0.25) is 0 Å². The lowest BCUT2D eigenvalue weighted by atomic mass is 10.1. The number of aromatic carboxylic acids is 1. The van der Waals surface area contributed by atoms with Crippen LogP contribution in [-0.4, -0.2) is 16.1 Å². The lowest BCUT2D eigenvalue weighted by Gasteiger charge is -2.02. The van der Waals surface area contributed by atoms with E-state index in [1.807, 2.05) is 0 Å². The number of rotatable bonds is 4. The molecule has 5 nitrogen and oxygen atoms in total. The Labute approximate surface area is 110 Å². The Kier molecular flexibility index (Phi) is 3.93. The third kappa shape index (κ3) is 2.80. The van der Waals surface area contributed by atoms with Crippen molar-refractivity contribution >= 4 is 15.4 Å². The van der Waals surface area contributed by atoms with Gasteiger partial charge in [0.15, 0.2) is 11.5 Å². The van der Waals surface area contributed by atoms with Crippen LogP contribution in [0.25, 0.3) is 11.3 Å². The maximum Gasteiger partial charge on any atom is 0.358 e. The summed E-state index contributed by atoms with van der Waals surface area (Å²) in [5, 5.41) is 9.11. The third-order valence-electron chi connectivity index (χ3n) is 2.50. The number of halogens is 1. The van der Waals surface area contributed by atoms with Gasteiger partial charge in [-0.15, -0.1) is 0 Å². The van der Waals surface area contributed by atoms with E-state index < -0.39 is 17.9 Å². The van der Waals surface area contributed by atoms with Crippen molar-refractivity contribution in [3.63, 3.8) is 0 Å². The first-order chi connectivity index (χ1) is 9.02. The van der Waals surface area contributed by atoms with Crippen LogP contribution in [0.4, 0.5) is 4.39 Å². The van der Waals surface area contributed by atoms with Crippen molar-refractivity contribution in [2.24, 2.45) is 0 Å². The zero-order chi connectivity index (χ0) is 14.0. The Bertz CT molecular complexity index is 596. The van der Waals surface area contributed by atoms with Gasteiger partial charge in [0.05, 0.1) is 0 Å². The van der Waals surface area contributed by atoms with Crippen LogP contribution < -0.4 is 0 Å². The molecule has 1 aromatic carbocycles. The summed E-state index contributed by atoms with van der Waals surface area (Å²) < 4.78 is 23.2. The molecule has 0 spiro atoms. The summed E-state index contributed by atoms with van der Waals surface area (Å²) in [4.78, 5) is 15.0. The van der Waals surface area contributed by atoms with Crippen LogP contribution >= 0.6 is 9.47 Å². The summed E-state index contributed by atoms with van der Waals surface area (Å²) >= 11 is 0. The van der Waals surface area contributed by atoms with E-state index in [0.717, 1.165) is 0 Å². The SMILES string of the molecule is CC(OP)c1nc(C(=O)O)c(-c2ccc(F)cc2)o1. The third-order valence-corrected chi connectivity index (χ3v) is 2.91. The quantitative estimate of drug-likeness (QED) is 0.873. The molecule has 2 aromatic rings. The van der Waals surface area contributed by atoms with Crippen LogP contribution in [0.15, 0.2) is 28.7 Å². The Morgan fingerprint density at radius 3 is 2.63 bits per heavy atom. The number of hydrogen-bond donors (Lipinski definition) is 1. The highest BCUT2D eigenvalue weighted by Gasteiger charge is 2.23. The number of carboxylic acids is 1. The molecule has 0 fully saturated rings.